The van der Waals surface area contributed by atoms with Gasteiger partial charge in [0.05, 0.1) is 46.0 Å². The molecule has 1 aliphatic rings. The number of nitrogens with one attached hydrogen (secondary N) is 1. The summed E-state index contributed by atoms with van der Waals surface area (Å²) in [4.78, 5) is 20.3. The van der Waals surface area contributed by atoms with Crippen LogP contribution in [0.3, 0.4) is 0 Å². The topological polar surface area (TPSA) is 103 Å². The lowest BCUT2D eigenvalue weighted by Crippen LogP contribution is -2.27. The first kappa shape index (κ1) is 28.7. The van der Waals surface area contributed by atoms with Gasteiger partial charge in [0.25, 0.3) is 0 Å². The number of nitriles is 1. The van der Waals surface area contributed by atoms with Crippen molar-refractivity contribution in [3.63, 3.8) is 0 Å². The average Bonchev–Trinajstić information content (AvgIpc) is 3.40. The Hall–Kier alpha value is -3.27. The number of halogens is 3. The van der Waals surface area contributed by atoms with Gasteiger partial charge in [-0.3, -0.25) is 9.69 Å². The van der Waals surface area contributed by atoms with E-state index in [1.165, 1.54) is 35.6 Å². The summed E-state index contributed by atoms with van der Waals surface area (Å²) in [6, 6.07) is 11.3. The minimum absolute atomic E-state index is 0.00664. The fourth-order valence-electron chi connectivity index (χ4n) is 4.71. The number of rotatable bonds is 8. The molecule has 7 nitrogen and oxygen atoms in total. The van der Waals surface area contributed by atoms with Gasteiger partial charge in [0, 0.05) is 18.0 Å². The van der Waals surface area contributed by atoms with Crippen molar-refractivity contribution >= 4 is 32.2 Å². The third kappa shape index (κ3) is 6.32. The highest BCUT2D eigenvalue weighted by atomic mass is 32.2. The Morgan fingerprint density at radius 3 is 2.51 bits per heavy atom. The number of hydrogen-bond donors (Lipinski definition) is 1. The van der Waals surface area contributed by atoms with Crippen LogP contribution in [0.4, 0.5) is 18.3 Å². The van der Waals surface area contributed by atoms with Gasteiger partial charge in [-0.1, -0.05) is 39.0 Å². The number of carbonyl (C=O) groups excluding carboxylic acids is 1. The van der Waals surface area contributed by atoms with E-state index < -0.39 is 21.6 Å². The van der Waals surface area contributed by atoms with E-state index in [4.69, 9.17) is 5.26 Å². The van der Waals surface area contributed by atoms with Gasteiger partial charge in [-0.05, 0) is 41.3 Å². The number of benzene rings is 2. The second kappa shape index (κ2) is 11.1. The maximum atomic E-state index is 13.7. The van der Waals surface area contributed by atoms with Crippen LogP contribution >= 0.6 is 11.3 Å². The minimum Gasteiger partial charge on any atom is -0.302 e. The minimum atomic E-state index is -4.58. The summed E-state index contributed by atoms with van der Waals surface area (Å²) >= 11 is 1.29. The van der Waals surface area contributed by atoms with Crippen molar-refractivity contribution in [3.8, 4) is 6.07 Å². The zero-order valence-electron chi connectivity index (χ0n) is 21.5. The van der Waals surface area contributed by atoms with Crippen molar-refractivity contribution in [2.45, 2.75) is 57.4 Å². The van der Waals surface area contributed by atoms with Crippen LogP contribution in [0.5, 0.6) is 0 Å². The maximum absolute atomic E-state index is 13.7. The molecule has 1 amide bonds. The second-order valence-corrected chi connectivity index (χ2v) is 13.0. The first-order chi connectivity index (χ1) is 18.3. The summed E-state index contributed by atoms with van der Waals surface area (Å²) in [6.45, 7) is 5.93. The molecule has 0 unspecified atom stereocenters. The Balaban J connectivity index is 1.47. The van der Waals surface area contributed by atoms with Crippen molar-refractivity contribution in [1.82, 2.24) is 9.88 Å². The molecule has 3 aromatic rings. The number of aromatic nitrogens is 1. The lowest BCUT2D eigenvalue weighted by molar-refractivity contribution is -0.138. The van der Waals surface area contributed by atoms with Crippen LogP contribution in [0, 0.1) is 17.2 Å². The first-order valence-electron chi connectivity index (χ1n) is 12.3. The number of hydrogen-bond acceptors (Lipinski definition) is 7. The molecule has 1 aromatic heterocycles. The summed E-state index contributed by atoms with van der Waals surface area (Å²) in [5, 5.41) is 12.2. The van der Waals surface area contributed by atoms with Crippen LogP contribution in [-0.4, -0.2) is 30.0 Å². The Kier molecular flexibility index (Phi) is 8.16. The molecule has 0 radical (unpaired) electrons. The van der Waals surface area contributed by atoms with Crippen LogP contribution in [0.1, 0.15) is 59.6 Å². The van der Waals surface area contributed by atoms with E-state index in [2.05, 4.69) is 10.3 Å². The molecule has 4 rings (SSSR count). The van der Waals surface area contributed by atoms with E-state index in [1.807, 2.05) is 18.7 Å². The lowest BCUT2D eigenvalue weighted by Gasteiger charge is -2.28. The Bertz CT molecular complexity index is 1530. The number of carbonyl (C=O) groups is 1. The summed E-state index contributed by atoms with van der Waals surface area (Å²) in [7, 11) is -3.32. The summed E-state index contributed by atoms with van der Waals surface area (Å²) in [6.07, 6.45) is -4.55. The molecule has 2 aromatic carbocycles. The normalized spacial score (nSPS) is 15.8. The van der Waals surface area contributed by atoms with Crippen molar-refractivity contribution < 1.29 is 26.4 Å². The molecule has 39 heavy (non-hydrogen) atoms. The van der Waals surface area contributed by atoms with Gasteiger partial charge in [0.2, 0.25) is 5.91 Å². The second-order valence-electron chi connectivity index (χ2n) is 9.68. The Morgan fingerprint density at radius 2 is 1.92 bits per heavy atom. The third-order valence-electron chi connectivity index (χ3n) is 6.57. The molecular weight excluding hydrogens is 549 g/mol. The van der Waals surface area contributed by atoms with Gasteiger partial charge < -0.3 is 5.32 Å². The smallest absolute Gasteiger partial charge is 0.302 e. The van der Waals surface area contributed by atoms with Crippen LogP contribution in [-0.2, 0) is 40.3 Å². The van der Waals surface area contributed by atoms with Gasteiger partial charge in [-0.2, -0.15) is 18.4 Å². The highest BCUT2D eigenvalue weighted by Gasteiger charge is 2.39. The van der Waals surface area contributed by atoms with Gasteiger partial charge >= 0.3 is 6.18 Å². The zero-order valence-corrected chi connectivity index (χ0v) is 23.2. The van der Waals surface area contributed by atoms with E-state index in [0.29, 0.717) is 17.2 Å². The predicted molar refractivity (Wildman–Crippen MR) is 142 cm³/mol. The monoisotopic (exact) mass is 576 g/mol. The highest BCUT2D eigenvalue weighted by Crippen LogP contribution is 2.44. The molecule has 0 saturated carbocycles. The van der Waals surface area contributed by atoms with Crippen molar-refractivity contribution in [1.29, 1.82) is 5.26 Å². The van der Waals surface area contributed by atoms with Crippen LogP contribution in [0.15, 0.2) is 47.4 Å². The molecule has 0 aliphatic carbocycles. The number of nitrogens with zero attached hydrogens (tertiary/aromatic N) is 3. The van der Waals surface area contributed by atoms with E-state index in [0.717, 1.165) is 16.6 Å². The molecule has 0 saturated heterocycles. The summed E-state index contributed by atoms with van der Waals surface area (Å²) in [5.74, 6) is -0.269. The van der Waals surface area contributed by atoms with Crippen LogP contribution in [0.2, 0.25) is 0 Å². The van der Waals surface area contributed by atoms with Crippen molar-refractivity contribution in [2.75, 3.05) is 11.1 Å². The molecule has 0 fully saturated rings. The zero-order chi connectivity index (χ0) is 28.5. The largest absolute Gasteiger partial charge is 0.416 e. The number of alkyl halides is 3. The molecule has 0 bridgehead atoms. The standard InChI is InChI=1S/C27H27F3N4O3S2/c1-4-39(36,37)20-9-6-17(7-10-20)12-23(35)32-26-33-24-22(38-26)15-34(25(24)16(2)3)14-19-8-5-18(13-31)11-21(19)27(28,29)30/h5-11,16,25H,4,12,14-15H2,1-3H3,(H,32,33,35)/t25-/m0/s1. The van der Waals surface area contributed by atoms with E-state index >= 15 is 0 Å². The van der Waals surface area contributed by atoms with E-state index in [9.17, 15) is 26.4 Å². The first-order valence-corrected chi connectivity index (χ1v) is 14.7. The fourth-order valence-corrected chi connectivity index (χ4v) is 6.63. The third-order valence-corrected chi connectivity index (χ3v) is 9.29. The highest BCUT2D eigenvalue weighted by molar-refractivity contribution is 7.91. The predicted octanol–water partition coefficient (Wildman–Crippen LogP) is 5.72. The maximum Gasteiger partial charge on any atom is 0.416 e. The van der Waals surface area contributed by atoms with Crippen molar-refractivity contribution in [3.05, 3.63) is 75.3 Å². The number of thiazole rings is 1. The molecule has 1 atom stereocenters. The Labute approximate surface area is 229 Å². The van der Waals surface area contributed by atoms with Gasteiger partial charge in [0.1, 0.15) is 0 Å². The lowest BCUT2D eigenvalue weighted by atomic mass is 9.99. The number of anilines is 1. The van der Waals surface area contributed by atoms with Crippen LogP contribution in [0.25, 0.3) is 0 Å². The van der Waals surface area contributed by atoms with Gasteiger partial charge in [-0.15, -0.1) is 11.3 Å². The van der Waals surface area contributed by atoms with Gasteiger partial charge in [0.15, 0.2) is 15.0 Å². The summed E-state index contributed by atoms with van der Waals surface area (Å²) < 4.78 is 65.1. The molecule has 12 heteroatoms. The molecule has 1 aliphatic heterocycles. The van der Waals surface area contributed by atoms with E-state index in [1.54, 1.807) is 25.1 Å². The average molecular weight is 577 g/mol. The molecule has 2 heterocycles. The molecule has 0 spiro atoms. The van der Waals surface area contributed by atoms with Crippen molar-refractivity contribution in [2.24, 2.45) is 5.92 Å². The fraction of sp³-hybridized carbons (Fsp3) is 0.370. The number of amides is 1. The SMILES string of the molecule is CCS(=O)(=O)c1ccc(CC(=O)Nc2nc3c(s2)CN(Cc2ccc(C#N)cc2C(F)(F)F)[C@H]3C(C)C)cc1. The van der Waals surface area contributed by atoms with Gasteiger partial charge in [-0.25, -0.2) is 13.4 Å². The summed E-state index contributed by atoms with van der Waals surface area (Å²) in [5.41, 5.74) is 0.618. The quantitative estimate of drug-likeness (QED) is 0.368. The molecular formula is C27H27F3N4O3S2. The van der Waals surface area contributed by atoms with Crippen LogP contribution < -0.4 is 5.32 Å². The number of fused-ring (bicyclic) bond motifs is 1. The molecule has 206 valence electrons. The molecule has 1 N–H and O–H groups in total. The van der Waals surface area contributed by atoms with E-state index in [-0.39, 0.29) is 52.6 Å². The number of sulfone groups is 1. The Morgan fingerprint density at radius 1 is 1.23 bits per heavy atom.